The lowest BCUT2D eigenvalue weighted by Gasteiger charge is -2.26. The molecule has 0 radical (unpaired) electrons. The Bertz CT molecular complexity index is 597. The molecule has 0 aromatic rings. The molecular weight excluding hydrogens is 400 g/mol. The first-order chi connectivity index (χ1) is 15.8. The minimum atomic E-state index is -0.455. The van der Waals surface area contributed by atoms with E-state index in [0.717, 1.165) is 64.4 Å². The summed E-state index contributed by atoms with van der Waals surface area (Å²) in [5.41, 5.74) is 0. The zero-order valence-corrected chi connectivity index (χ0v) is 20.3. The van der Waals surface area contributed by atoms with E-state index in [9.17, 15) is 4.79 Å². The summed E-state index contributed by atoms with van der Waals surface area (Å²) in [5, 5.41) is 0. The van der Waals surface area contributed by atoms with Crippen molar-refractivity contribution in [3.8, 4) is 0 Å². The molecule has 0 aliphatic carbocycles. The van der Waals surface area contributed by atoms with Crippen molar-refractivity contribution in [3.63, 3.8) is 0 Å². The van der Waals surface area contributed by atoms with Gasteiger partial charge in [-0.2, -0.15) is 0 Å². The largest absolute Gasteiger partial charge is 0.461 e. The van der Waals surface area contributed by atoms with E-state index in [1.165, 1.54) is 0 Å². The minimum Gasteiger partial charge on any atom is -0.461 e. The number of ether oxygens (including phenoxy) is 3. The van der Waals surface area contributed by atoms with E-state index in [1.54, 1.807) is 0 Å². The highest BCUT2D eigenvalue weighted by Gasteiger charge is 2.23. The SMILES string of the molecule is CC/C=C\C/C=C\C/C=C\C/C=C\C/C=C\CCCCOC(CC)C(=O)OCC1CCO1. The van der Waals surface area contributed by atoms with Crippen molar-refractivity contribution in [1.29, 1.82) is 0 Å². The van der Waals surface area contributed by atoms with Crippen molar-refractivity contribution in [2.24, 2.45) is 0 Å². The van der Waals surface area contributed by atoms with Crippen molar-refractivity contribution >= 4 is 5.97 Å². The Labute approximate surface area is 196 Å². The molecule has 1 heterocycles. The van der Waals surface area contributed by atoms with E-state index < -0.39 is 6.10 Å². The van der Waals surface area contributed by atoms with Gasteiger partial charge in [0, 0.05) is 19.6 Å². The molecule has 0 N–H and O–H groups in total. The summed E-state index contributed by atoms with van der Waals surface area (Å²) < 4.78 is 16.2. The Morgan fingerprint density at radius 1 is 0.875 bits per heavy atom. The molecule has 0 aromatic heterocycles. The third kappa shape index (κ3) is 15.8. The number of carbonyl (C=O) groups is 1. The van der Waals surface area contributed by atoms with Gasteiger partial charge in [-0.05, 0) is 57.8 Å². The second-order valence-corrected chi connectivity index (χ2v) is 7.88. The highest BCUT2D eigenvalue weighted by atomic mass is 16.6. The predicted molar refractivity (Wildman–Crippen MR) is 134 cm³/mol. The zero-order chi connectivity index (χ0) is 23.1. The van der Waals surface area contributed by atoms with Gasteiger partial charge >= 0.3 is 5.97 Å². The maximum absolute atomic E-state index is 12.0. The van der Waals surface area contributed by atoms with Gasteiger partial charge in [0.15, 0.2) is 6.10 Å². The van der Waals surface area contributed by atoms with Gasteiger partial charge in [0.05, 0.1) is 6.10 Å². The molecule has 0 spiro atoms. The van der Waals surface area contributed by atoms with Crippen LogP contribution in [0.4, 0.5) is 0 Å². The van der Waals surface area contributed by atoms with E-state index in [1.807, 2.05) is 6.92 Å². The molecule has 32 heavy (non-hydrogen) atoms. The molecule has 4 nitrogen and oxygen atoms in total. The first-order valence-electron chi connectivity index (χ1n) is 12.4. The second kappa shape index (κ2) is 21.0. The average Bonchev–Trinajstić information content (AvgIpc) is 2.76. The fourth-order valence-corrected chi connectivity index (χ4v) is 2.99. The fourth-order valence-electron chi connectivity index (χ4n) is 2.99. The Balaban J connectivity index is 1.94. The Kier molecular flexibility index (Phi) is 18.4. The van der Waals surface area contributed by atoms with Crippen LogP contribution in [0.25, 0.3) is 0 Å². The van der Waals surface area contributed by atoms with Gasteiger partial charge in [0.2, 0.25) is 0 Å². The predicted octanol–water partition coefficient (Wildman–Crippen LogP) is 7.04. The van der Waals surface area contributed by atoms with Crippen LogP contribution in [0.1, 0.15) is 78.1 Å². The lowest BCUT2D eigenvalue weighted by atomic mass is 10.2. The van der Waals surface area contributed by atoms with E-state index in [-0.39, 0.29) is 12.1 Å². The third-order valence-corrected chi connectivity index (χ3v) is 5.08. The molecular formula is C28H44O4. The summed E-state index contributed by atoms with van der Waals surface area (Å²) in [6.45, 7) is 5.82. The van der Waals surface area contributed by atoms with Gasteiger partial charge in [-0.15, -0.1) is 0 Å². The standard InChI is InChI=1S/C28H44O4/c1-3-5-6-7-8-9-10-11-12-13-14-15-16-17-18-19-20-21-23-31-27(4-2)28(29)32-25-26-22-24-30-26/h5-6,8-9,11-12,14-15,17-18,26-27H,3-4,7,10,13,16,19-25H2,1-2H3/b6-5-,9-8-,12-11-,15-14-,18-17-. The molecule has 2 atom stereocenters. The normalized spacial score (nSPS) is 17.9. The van der Waals surface area contributed by atoms with Gasteiger partial charge in [-0.3, -0.25) is 0 Å². The average molecular weight is 445 g/mol. The van der Waals surface area contributed by atoms with Crippen LogP contribution in [0, 0.1) is 0 Å². The Morgan fingerprint density at radius 3 is 1.94 bits per heavy atom. The maximum atomic E-state index is 12.0. The third-order valence-electron chi connectivity index (χ3n) is 5.08. The molecule has 0 aromatic carbocycles. The van der Waals surface area contributed by atoms with E-state index in [0.29, 0.717) is 19.6 Å². The number of hydrogen-bond donors (Lipinski definition) is 0. The quantitative estimate of drug-likeness (QED) is 0.122. The molecule has 180 valence electrons. The van der Waals surface area contributed by atoms with Gasteiger partial charge in [-0.1, -0.05) is 74.6 Å². The molecule has 0 bridgehead atoms. The van der Waals surface area contributed by atoms with Gasteiger partial charge in [-0.25, -0.2) is 4.79 Å². The van der Waals surface area contributed by atoms with Gasteiger partial charge in [0.25, 0.3) is 0 Å². The molecule has 2 unspecified atom stereocenters. The van der Waals surface area contributed by atoms with Crippen LogP contribution < -0.4 is 0 Å². The molecule has 1 fully saturated rings. The van der Waals surface area contributed by atoms with Crippen LogP contribution >= 0.6 is 0 Å². The summed E-state index contributed by atoms with van der Waals surface area (Å²) in [6.07, 6.45) is 31.5. The van der Waals surface area contributed by atoms with Crippen molar-refractivity contribution in [1.82, 2.24) is 0 Å². The number of esters is 1. The van der Waals surface area contributed by atoms with Crippen LogP contribution in [0.15, 0.2) is 60.8 Å². The first-order valence-corrected chi connectivity index (χ1v) is 12.4. The summed E-state index contributed by atoms with van der Waals surface area (Å²) in [4.78, 5) is 12.0. The summed E-state index contributed by atoms with van der Waals surface area (Å²) in [6, 6.07) is 0. The maximum Gasteiger partial charge on any atom is 0.335 e. The first kappa shape index (κ1) is 28.1. The highest BCUT2D eigenvalue weighted by Crippen LogP contribution is 2.12. The molecule has 1 aliphatic rings. The molecule has 1 saturated heterocycles. The summed E-state index contributed by atoms with van der Waals surface area (Å²) in [7, 11) is 0. The molecule has 0 amide bonds. The number of hydrogen-bond acceptors (Lipinski definition) is 4. The van der Waals surface area contributed by atoms with Gasteiger partial charge < -0.3 is 14.2 Å². The van der Waals surface area contributed by atoms with E-state index in [4.69, 9.17) is 14.2 Å². The zero-order valence-electron chi connectivity index (χ0n) is 20.3. The fraction of sp³-hybridized carbons (Fsp3) is 0.607. The highest BCUT2D eigenvalue weighted by molar-refractivity contribution is 5.74. The van der Waals surface area contributed by atoms with Crippen molar-refractivity contribution in [3.05, 3.63) is 60.8 Å². The Hall–Kier alpha value is -1.91. The van der Waals surface area contributed by atoms with Crippen LogP contribution in [0.3, 0.4) is 0 Å². The minimum absolute atomic E-state index is 0.0833. The molecule has 1 aliphatic heterocycles. The topological polar surface area (TPSA) is 44.8 Å². The summed E-state index contributed by atoms with van der Waals surface area (Å²) >= 11 is 0. The molecule has 4 heteroatoms. The molecule has 0 saturated carbocycles. The van der Waals surface area contributed by atoms with Crippen molar-refractivity contribution < 1.29 is 19.0 Å². The number of rotatable bonds is 19. The van der Waals surface area contributed by atoms with E-state index >= 15 is 0 Å². The van der Waals surface area contributed by atoms with E-state index in [2.05, 4.69) is 67.7 Å². The lowest BCUT2D eigenvalue weighted by molar-refractivity contribution is -0.167. The summed E-state index contributed by atoms with van der Waals surface area (Å²) in [5.74, 6) is -0.263. The smallest absolute Gasteiger partial charge is 0.335 e. The lowest BCUT2D eigenvalue weighted by Crippen LogP contribution is -2.35. The van der Waals surface area contributed by atoms with Crippen molar-refractivity contribution in [2.45, 2.75) is 90.3 Å². The van der Waals surface area contributed by atoms with Gasteiger partial charge in [0.1, 0.15) is 6.61 Å². The second-order valence-electron chi connectivity index (χ2n) is 7.88. The van der Waals surface area contributed by atoms with Crippen LogP contribution in [0.2, 0.25) is 0 Å². The monoisotopic (exact) mass is 444 g/mol. The number of carbonyl (C=O) groups excluding carboxylic acids is 1. The van der Waals surface area contributed by atoms with Crippen LogP contribution in [-0.4, -0.2) is 38.0 Å². The van der Waals surface area contributed by atoms with Crippen LogP contribution in [0.5, 0.6) is 0 Å². The number of allylic oxidation sites excluding steroid dienone is 10. The number of unbranched alkanes of at least 4 members (excludes halogenated alkanes) is 2. The Morgan fingerprint density at radius 2 is 1.44 bits per heavy atom. The molecule has 1 rings (SSSR count). The van der Waals surface area contributed by atoms with Crippen LogP contribution in [-0.2, 0) is 19.0 Å². The van der Waals surface area contributed by atoms with Crippen molar-refractivity contribution in [2.75, 3.05) is 19.8 Å².